The van der Waals surface area contributed by atoms with Gasteiger partial charge in [-0.25, -0.2) is 15.0 Å². The molecule has 3 heterocycles. The van der Waals surface area contributed by atoms with E-state index in [1.54, 1.807) is 36.7 Å². The monoisotopic (exact) mass is 539 g/mol. The predicted octanol–water partition coefficient (Wildman–Crippen LogP) is 6.85. The minimum atomic E-state index is 0.600. The molecular weight excluding hydrogens is 514 g/mol. The molecule has 190 valence electrons. The summed E-state index contributed by atoms with van der Waals surface area (Å²) in [5.41, 5.74) is 5.40. The van der Waals surface area contributed by atoms with Crippen molar-refractivity contribution in [3.63, 3.8) is 0 Å². The largest absolute Gasteiger partial charge is 0.497 e. The van der Waals surface area contributed by atoms with Crippen LogP contribution in [0.3, 0.4) is 0 Å². The van der Waals surface area contributed by atoms with Crippen LogP contribution in [0, 0.1) is 0 Å². The number of hydrogen-bond donors (Lipinski definition) is 0. The third-order valence-corrected chi connectivity index (χ3v) is 8.09. The Morgan fingerprint density at radius 3 is 2.66 bits per heavy atom. The maximum atomic E-state index is 6.15. The lowest BCUT2D eigenvalue weighted by Gasteiger charge is -2.33. The van der Waals surface area contributed by atoms with Gasteiger partial charge in [0.25, 0.3) is 0 Å². The molecule has 0 N–H and O–H groups in total. The summed E-state index contributed by atoms with van der Waals surface area (Å²) in [5, 5.41) is 2.95. The van der Waals surface area contributed by atoms with E-state index in [0.717, 1.165) is 50.6 Å². The van der Waals surface area contributed by atoms with Gasteiger partial charge in [0.05, 0.1) is 25.9 Å². The van der Waals surface area contributed by atoms with Crippen molar-refractivity contribution in [1.82, 2.24) is 15.0 Å². The normalized spacial score (nSPS) is 12.5. The van der Waals surface area contributed by atoms with E-state index >= 15 is 0 Å². The molecule has 3 aromatic carbocycles. The fourth-order valence-electron chi connectivity index (χ4n) is 4.40. The van der Waals surface area contributed by atoms with Crippen molar-refractivity contribution < 1.29 is 9.47 Å². The van der Waals surface area contributed by atoms with Crippen LogP contribution in [-0.2, 0) is 6.54 Å². The lowest BCUT2D eigenvalue weighted by molar-refractivity contribution is 0.313. The Morgan fingerprint density at radius 1 is 1.03 bits per heavy atom. The highest BCUT2D eigenvalue weighted by Crippen LogP contribution is 2.43. The first-order valence-corrected chi connectivity index (χ1v) is 13.8. The van der Waals surface area contributed by atoms with Gasteiger partial charge in [-0.15, -0.1) is 11.3 Å². The van der Waals surface area contributed by atoms with Gasteiger partial charge in [0.1, 0.15) is 24.4 Å². The van der Waals surface area contributed by atoms with E-state index in [-0.39, 0.29) is 0 Å². The predicted molar refractivity (Wildman–Crippen MR) is 154 cm³/mol. The average molecular weight is 540 g/mol. The van der Waals surface area contributed by atoms with Gasteiger partial charge in [-0.3, -0.25) is 4.31 Å². The lowest BCUT2D eigenvalue weighted by Crippen LogP contribution is -2.29. The smallest absolute Gasteiger partial charge is 0.195 e. The number of hydrogen-bond acceptors (Lipinski definition) is 9. The second-order valence-corrected chi connectivity index (χ2v) is 10.5. The van der Waals surface area contributed by atoms with E-state index < -0.39 is 0 Å². The molecule has 0 unspecified atom stereocenters. The molecule has 0 amide bonds. The first-order valence-electron chi connectivity index (χ1n) is 12.2. The molecule has 0 aliphatic carbocycles. The van der Waals surface area contributed by atoms with Crippen molar-refractivity contribution in [2.45, 2.75) is 11.4 Å². The number of aromatic nitrogens is 3. The van der Waals surface area contributed by atoms with Crippen LogP contribution in [-0.4, -0.2) is 35.2 Å². The van der Waals surface area contributed by atoms with E-state index in [4.69, 9.17) is 9.47 Å². The molecule has 0 atom stereocenters. The fourth-order valence-corrected chi connectivity index (χ4v) is 6.07. The highest BCUT2D eigenvalue weighted by Gasteiger charge is 2.23. The van der Waals surface area contributed by atoms with Crippen molar-refractivity contribution in [3.05, 3.63) is 103 Å². The Morgan fingerprint density at radius 2 is 1.87 bits per heavy atom. The molecule has 9 heteroatoms. The number of fused-ring (bicyclic) bond motifs is 1. The quantitative estimate of drug-likeness (QED) is 0.198. The number of para-hydroxylation sites is 1. The summed E-state index contributed by atoms with van der Waals surface area (Å²) in [4.78, 5) is 16.4. The molecule has 0 radical (unpaired) electrons. The van der Waals surface area contributed by atoms with Gasteiger partial charge in [0.15, 0.2) is 5.13 Å². The summed E-state index contributed by atoms with van der Waals surface area (Å²) < 4.78 is 13.7. The number of ether oxygens (including phenoxy) is 2. The van der Waals surface area contributed by atoms with Crippen molar-refractivity contribution in [3.8, 4) is 22.6 Å². The van der Waals surface area contributed by atoms with Gasteiger partial charge in [-0.2, -0.15) is 0 Å². The summed E-state index contributed by atoms with van der Waals surface area (Å²) in [6.45, 7) is 2.06. The fraction of sp³-hybridized carbons (Fsp3) is 0.138. The number of rotatable bonds is 8. The maximum absolute atomic E-state index is 6.15. The second-order valence-electron chi connectivity index (χ2n) is 8.56. The summed E-state index contributed by atoms with van der Waals surface area (Å²) in [7, 11) is 1.68. The number of thiazole rings is 1. The summed E-state index contributed by atoms with van der Waals surface area (Å²) in [6.07, 6.45) is 7.09. The zero-order valence-electron chi connectivity index (χ0n) is 20.7. The summed E-state index contributed by atoms with van der Waals surface area (Å²) in [6, 6.07) is 22.9. The topological polar surface area (TPSA) is 63.6 Å². The third-order valence-electron chi connectivity index (χ3n) is 6.19. The molecule has 1 aliphatic heterocycles. The molecule has 0 fully saturated rings. The van der Waals surface area contributed by atoms with E-state index in [1.165, 1.54) is 5.56 Å². The zero-order chi connectivity index (χ0) is 25.7. The van der Waals surface area contributed by atoms with Crippen LogP contribution in [0.5, 0.6) is 11.5 Å². The van der Waals surface area contributed by atoms with Gasteiger partial charge in [0, 0.05) is 45.7 Å². The Hall–Kier alpha value is -4.08. The summed E-state index contributed by atoms with van der Waals surface area (Å²) >= 11 is 3.28. The minimum absolute atomic E-state index is 0.600. The van der Waals surface area contributed by atoms with Crippen LogP contribution in [0.25, 0.3) is 11.1 Å². The molecule has 5 aromatic rings. The van der Waals surface area contributed by atoms with Gasteiger partial charge in [0.2, 0.25) is 0 Å². The third kappa shape index (κ3) is 5.16. The molecule has 0 bridgehead atoms. The molecule has 7 nitrogen and oxygen atoms in total. The Balaban J connectivity index is 1.28. The Kier molecular flexibility index (Phi) is 7.10. The van der Waals surface area contributed by atoms with Crippen molar-refractivity contribution in [1.29, 1.82) is 0 Å². The highest BCUT2D eigenvalue weighted by molar-refractivity contribution is 8.00. The van der Waals surface area contributed by atoms with Gasteiger partial charge in [-0.1, -0.05) is 30.3 Å². The van der Waals surface area contributed by atoms with Crippen molar-refractivity contribution >= 4 is 39.8 Å². The number of methoxy groups -OCH3 is 1. The van der Waals surface area contributed by atoms with Crippen LogP contribution >= 0.6 is 23.3 Å². The lowest BCUT2D eigenvalue weighted by atomic mass is 10.0. The maximum Gasteiger partial charge on any atom is 0.195 e. The molecule has 1 aliphatic rings. The number of nitrogens with zero attached hydrogens (tertiary/aromatic N) is 5. The van der Waals surface area contributed by atoms with E-state index in [9.17, 15) is 0 Å². The van der Waals surface area contributed by atoms with Gasteiger partial charge < -0.3 is 14.4 Å². The second kappa shape index (κ2) is 11.1. The van der Waals surface area contributed by atoms with E-state index in [1.807, 2.05) is 42.2 Å². The molecule has 0 saturated heterocycles. The average Bonchev–Trinajstić information content (AvgIpc) is 3.53. The first kappa shape index (κ1) is 24.3. The molecule has 38 heavy (non-hydrogen) atoms. The van der Waals surface area contributed by atoms with E-state index in [2.05, 4.69) is 72.7 Å². The molecule has 0 spiro atoms. The zero-order valence-corrected chi connectivity index (χ0v) is 22.4. The minimum Gasteiger partial charge on any atom is -0.497 e. The molecule has 2 aromatic heterocycles. The van der Waals surface area contributed by atoms with Crippen LogP contribution in [0.2, 0.25) is 0 Å². The number of benzene rings is 3. The Labute approximate surface area is 229 Å². The number of anilines is 3. The highest BCUT2D eigenvalue weighted by atomic mass is 32.2. The van der Waals surface area contributed by atoms with Crippen LogP contribution in [0.1, 0.15) is 5.56 Å². The van der Waals surface area contributed by atoms with Gasteiger partial charge in [-0.05, 0) is 53.9 Å². The van der Waals surface area contributed by atoms with Crippen molar-refractivity contribution in [2.75, 3.05) is 29.5 Å². The van der Waals surface area contributed by atoms with Crippen LogP contribution in [0.4, 0.5) is 16.5 Å². The van der Waals surface area contributed by atoms with Gasteiger partial charge >= 0.3 is 0 Å². The summed E-state index contributed by atoms with van der Waals surface area (Å²) in [5.74, 6) is 1.71. The van der Waals surface area contributed by atoms with Crippen LogP contribution < -0.4 is 18.7 Å². The first-order chi connectivity index (χ1) is 18.8. The molecular formula is C29H25N5O2S2. The van der Waals surface area contributed by atoms with Crippen LogP contribution in [0.15, 0.2) is 102 Å². The molecule has 6 rings (SSSR count). The SMILES string of the molecule is COc1ccc(CN(Sc2ccc3c(c2)OCCN3c2ccccc2-c2cncnc2)c2nccs2)cc1. The van der Waals surface area contributed by atoms with Crippen molar-refractivity contribution in [2.24, 2.45) is 0 Å². The molecule has 0 saturated carbocycles. The Bertz CT molecular complexity index is 1500. The van der Waals surface area contributed by atoms with E-state index in [0.29, 0.717) is 13.2 Å². The standard InChI is InChI=1S/C29H25N5O2S2/c1-35-23-8-6-21(7-9-23)19-34(29-32-12-15-37-29)38-24-10-11-27-28(16-24)36-14-13-33(27)26-5-3-2-4-25(26)22-17-30-20-31-18-22/h2-12,15-18,20H,13-14,19H2,1H3.